The second-order valence-electron chi connectivity index (χ2n) is 6.68. The molecule has 2 amide bonds. The molecule has 1 aromatic carbocycles. The van der Waals surface area contributed by atoms with E-state index in [0.29, 0.717) is 26.2 Å². The van der Waals surface area contributed by atoms with Crippen molar-refractivity contribution in [3.63, 3.8) is 0 Å². The Morgan fingerprint density at radius 2 is 1.89 bits per heavy atom. The first kappa shape index (κ1) is 18.6. The van der Waals surface area contributed by atoms with Crippen LogP contribution in [0.25, 0.3) is 0 Å². The van der Waals surface area contributed by atoms with Crippen LogP contribution >= 0.6 is 0 Å². The van der Waals surface area contributed by atoms with Gasteiger partial charge < -0.3 is 14.4 Å². The van der Waals surface area contributed by atoms with E-state index in [2.05, 4.69) is 6.58 Å². The Kier molecular flexibility index (Phi) is 5.54. The monoisotopic (exact) mass is 365 g/mol. The maximum Gasteiger partial charge on any atom is 0.263 e. The minimum atomic E-state index is -0.303. The fraction of sp³-hybridized carbons (Fsp3) is 0.286. The van der Waals surface area contributed by atoms with Crippen LogP contribution in [0.4, 0.5) is 0 Å². The predicted molar refractivity (Wildman–Crippen MR) is 104 cm³/mol. The number of pyridine rings is 1. The summed E-state index contributed by atoms with van der Waals surface area (Å²) in [7, 11) is 0. The number of hydrogen-bond donors (Lipinski definition) is 0. The maximum atomic E-state index is 13.0. The largest absolute Gasteiger partial charge is 0.335 e. The Morgan fingerprint density at radius 3 is 2.56 bits per heavy atom. The first-order valence-electron chi connectivity index (χ1n) is 8.97. The van der Waals surface area contributed by atoms with Gasteiger partial charge in [0.2, 0.25) is 5.91 Å². The summed E-state index contributed by atoms with van der Waals surface area (Å²) in [6.45, 7) is 7.06. The molecule has 1 aliphatic heterocycles. The van der Waals surface area contributed by atoms with Gasteiger partial charge in [0.15, 0.2) is 0 Å². The van der Waals surface area contributed by atoms with Crippen molar-refractivity contribution in [2.24, 2.45) is 0 Å². The number of aromatic nitrogens is 1. The zero-order valence-electron chi connectivity index (χ0n) is 15.4. The van der Waals surface area contributed by atoms with E-state index >= 15 is 0 Å². The topological polar surface area (TPSA) is 62.6 Å². The fourth-order valence-electron chi connectivity index (χ4n) is 3.35. The van der Waals surface area contributed by atoms with Crippen LogP contribution in [-0.2, 0) is 11.3 Å². The average molecular weight is 365 g/mol. The Balaban J connectivity index is 1.79. The summed E-state index contributed by atoms with van der Waals surface area (Å²) in [6.07, 6.45) is 2.97. The molecular formula is C21H23N3O3. The molecular weight excluding hydrogens is 342 g/mol. The van der Waals surface area contributed by atoms with E-state index < -0.39 is 0 Å². The molecule has 3 rings (SSSR count). The number of carbonyl (C=O) groups is 2. The standard InChI is InChI=1S/C21H23N3O3/c1-3-19(25)22-12-13-24(16(2)14-22)21(27)18-10-7-11-23(20(18)26)15-17-8-5-4-6-9-17/h3-11,16H,1,12-15H2,2H3/t16-/m0/s1. The maximum absolute atomic E-state index is 13.0. The van der Waals surface area contributed by atoms with Gasteiger partial charge in [-0.25, -0.2) is 0 Å². The van der Waals surface area contributed by atoms with Gasteiger partial charge >= 0.3 is 0 Å². The van der Waals surface area contributed by atoms with Crippen molar-refractivity contribution in [3.8, 4) is 0 Å². The van der Waals surface area contributed by atoms with Crippen molar-refractivity contribution in [1.29, 1.82) is 0 Å². The van der Waals surface area contributed by atoms with Crippen LogP contribution in [0.3, 0.4) is 0 Å². The van der Waals surface area contributed by atoms with Crippen molar-refractivity contribution in [1.82, 2.24) is 14.4 Å². The Bertz CT molecular complexity index is 904. The van der Waals surface area contributed by atoms with E-state index in [0.717, 1.165) is 5.56 Å². The minimum Gasteiger partial charge on any atom is -0.335 e. The van der Waals surface area contributed by atoms with Crippen molar-refractivity contribution in [2.45, 2.75) is 19.5 Å². The molecule has 6 heteroatoms. The lowest BCUT2D eigenvalue weighted by molar-refractivity contribution is -0.128. The summed E-state index contributed by atoms with van der Waals surface area (Å²) in [4.78, 5) is 40.9. The molecule has 0 bridgehead atoms. The van der Waals surface area contributed by atoms with Gasteiger partial charge in [-0.05, 0) is 30.7 Å². The van der Waals surface area contributed by atoms with Crippen molar-refractivity contribution in [3.05, 3.63) is 82.8 Å². The molecule has 0 N–H and O–H groups in total. The highest BCUT2D eigenvalue weighted by Gasteiger charge is 2.30. The Morgan fingerprint density at radius 1 is 1.15 bits per heavy atom. The van der Waals surface area contributed by atoms with Crippen molar-refractivity contribution < 1.29 is 9.59 Å². The van der Waals surface area contributed by atoms with Gasteiger partial charge in [0.1, 0.15) is 5.56 Å². The highest BCUT2D eigenvalue weighted by molar-refractivity contribution is 5.94. The first-order chi connectivity index (χ1) is 13.0. The molecule has 0 aliphatic carbocycles. The van der Waals surface area contributed by atoms with Gasteiger partial charge in [-0.3, -0.25) is 14.4 Å². The third kappa shape index (κ3) is 4.00. The summed E-state index contributed by atoms with van der Waals surface area (Å²) in [5.41, 5.74) is 0.848. The molecule has 1 atom stereocenters. The van der Waals surface area contributed by atoms with E-state index in [9.17, 15) is 14.4 Å². The molecule has 0 radical (unpaired) electrons. The lowest BCUT2D eigenvalue weighted by Gasteiger charge is -2.39. The molecule has 6 nitrogen and oxygen atoms in total. The third-order valence-corrected chi connectivity index (χ3v) is 4.82. The lowest BCUT2D eigenvalue weighted by atomic mass is 10.1. The van der Waals surface area contributed by atoms with Crippen LogP contribution in [0.2, 0.25) is 0 Å². The molecule has 0 spiro atoms. The second-order valence-corrected chi connectivity index (χ2v) is 6.68. The Labute approximate surface area is 158 Å². The fourth-order valence-corrected chi connectivity index (χ4v) is 3.35. The molecule has 0 unspecified atom stereocenters. The van der Waals surface area contributed by atoms with Crippen LogP contribution in [0, 0.1) is 0 Å². The number of piperazine rings is 1. The third-order valence-electron chi connectivity index (χ3n) is 4.82. The summed E-state index contributed by atoms with van der Waals surface area (Å²) in [6, 6.07) is 12.8. The zero-order valence-corrected chi connectivity index (χ0v) is 15.4. The van der Waals surface area contributed by atoms with Crippen LogP contribution in [0.1, 0.15) is 22.8 Å². The molecule has 27 heavy (non-hydrogen) atoms. The van der Waals surface area contributed by atoms with Gasteiger partial charge in [0.25, 0.3) is 11.5 Å². The Hall–Kier alpha value is -3.15. The average Bonchev–Trinajstić information content (AvgIpc) is 2.69. The van der Waals surface area contributed by atoms with Gasteiger partial charge in [-0.15, -0.1) is 0 Å². The van der Waals surface area contributed by atoms with Crippen LogP contribution in [-0.4, -0.2) is 51.9 Å². The van der Waals surface area contributed by atoms with Crippen LogP contribution in [0.5, 0.6) is 0 Å². The summed E-state index contributed by atoms with van der Waals surface area (Å²) >= 11 is 0. The lowest BCUT2D eigenvalue weighted by Crippen LogP contribution is -2.55. The van der Waals surface area contributed by atoms with Gasteiger partial charge in [0.05, 0.1) is 6.54 Å². The number of hydrogen-bond acceptors (Lipinski definition) is 3. The number of carbonyl (C=O) groups excluding carboxylic acids is 2. The predicted octanol–water partition coefficient (Wildman–Crippen LogP) is 1.76. The molecule has 140 valence electrons. The summed E-state index contributed by atoms with van der Waals surface area (Å²) in [5.74, 6) is -0.431. The van der Waals surface area contributed by atoms with E-state index in [1.54, 1.807) is 32.7 Å². The van der Waals surface area contributed by atoms with E-state index in [1.807, 2.05) is 37.3 Å². The summed E-state index contributed by atoms with van der Waals surface area (Å²) < 4.78 is 1.55. The molecule has 0 saturated carbocycles. The number of amides is 2. The molecule has 1 aliphatic rings. The summed E-state index contributed by atoms with van der Waals surface area (Å²) in [5, 5.41) is 0. The van der Waals surface area contributed by atoms with E-state index in [-0.39, 0.29) is 29.0 Å². The molecule has 1 aromatic heterocycles. The number of benzene rings is 1. The smallest absolute Gasteiger partial charge is 0.263 e. The molecule has 1 fully saturated rings. The highest BCUT2D eigenvalue weighted by Crippen LogP contribution is 2.13. The second kappa shape index (κ2) is 8.03. The van der Waals surface area contributed by atoms with Gasteiger partial charge in [0, 0.05) is 31.9 Å². The normalized spacial score (nSPS) is 16.9. The van der Waals surface area contributed by atoms with Crippen molar-refractivity contribution >= 4 is 11.8 Å². The molecule has 2 heterocycles. The van der Waals surface area contributed by atoms with E-state index in [4.69, 9.17) is 0 Å². The van der Waals surface area contributed by atoms with Crippen LogP contribution < -0.4 is 5.56 Å². The SMILES string of the molecule is C=CC(=O)N1CCN(C(=O)c2cccn(Cc3ccccc3)c2=O)[C@@H](C)C1. The molecule has 1 saturated heterocycles. The minimum absolute atomic E-state index is 0.140. The van der Waals surface area contributed by atoms with Gasteiger partial charge in [-0.2, -0.15) is 0 Å². The highest BCUT2D eigenvalue weighted by atomic mass is 16.2. The zero-order chi connectivity index (χ0) is 19.4. The number of nitrogens with zero attached hydrogens (tertiary/aromatic N) is 3. The van der Waals surface area contributed by atoms with E-state index in [1.165, 1.54) is 6.08 Å². The first-order valence-corrected chi connectivity index (χ1v) is 8.97. The van der Waals surface area contributed by atoms with Crippen molar-refractivity contribution in [2.75, 3.05) is 19.6 Å². The van der Waals surface area contributed by atoms with Crippen LogP contribution in [0.15, 0.2) is 66.1 Å². The van der Waals surface area contributed by atoms with Gasteiger partial charge in [-0.1, -0.05) is 36.9 Å². The molecule has 2 aromatic rings. The quantitative estimate of drug-likeness (QED) is 0.776. The number of rotatable bonds is 4.